The van der Waals surface area contributed by atoms with Crippen molar-refractivity contribution in [1.29, 1.82) is 0 Å². The van der Waals surface area contributed by atoms with Gasteiger partial charge in [-0.2, -0.15) is 8.42 Å². The molecule has 0 radical (unpaired) electrons. The fourth-order valence-electron chi connectivity index (χ4n) is 0.938. The summed E-state index contributed by atoms with van der Waals surface area (Å²) in [5, 5.41) is -0.463. The Morgan fingerprint density at radius 2 is 2.00 bits per heavy atom. The minimum absolute atomic E-state index is 0. The second kappa shape index (κ2) is 4.31. The van der Waals surface area contributed by atoms with Gasteiger partial charge in [-0.25, -0.2) is 15.0 Å². The monoisotopic (exact) mass is 239 g/mol. The molecule has 0 saturated carbocycles. The van der Waals surface area contributed by atoms with E-state index in [1.807, 2.05) is 0 Å². The zero-order valence-electron chi connectivity index (χ0n) is 7.17. The van der Waals surface area contributed by atoms with Crippen molar-refractivity contribution in [3.8, 4) is 0 Å². The minimum atomic E-state index is -4.32. The average molecular weight is 239 g/mol. The summed E-state index contributed by atoms with van der Waals surface area (Å²) in [5.74, 6) is 0. The number of aromatic nitrogens is 4. The Hall–Kier alpha value is 0.0964. The molecule has 0 aromatic carbocycles. The normalized spacial score (nSPS) is 11.2. The summed E-state index contributed by atoms with van der Waals surface area (Å²) in [4.78, 5) is 13.3. The molecule has 14 heavy (non-hydrogen) atoms. The van der Waals surface area contributed by atoms with Gasteiger partial charge >= 0.3 is 61.5 Å². The van der Waals surface area contributed by atoms with Crippen LogP contribution in [0.15, 0.2) is 17.7 Å². The first kappa shape index (κ1) is 12.2. The molecule has 0 aliphatic rings. The number of nitrogens with zero attached hydrogens (tertiary/aromatic N) is 3. The molecule has 0 aliphatic carbocycles. The van der Waals surface area contributed by atoms with E-state index in [0.717, 1.165) is 6.33 Å². The zero-order valence-corrected chi connectivity index (χ0v) is 11.1. The Morgan fingerprint density at radius 1 is 1.29 bits per heavy atom. The molecule has 2 aromatic heterocycles. The van der Waals surface area contributed by atoms with Gasteiger partial charge in [-0.05, 0) is 0 Å². The van der Waals surface area contributed by atoms with Crippen LogP contribution < -0.4 is 51.4 Å². The molecule has 2 aromatic rings. The van der Waals surface area contributed by atoms with Crippen molar-refractivity contribution in [2.24, 2.45) is 0 Å². The van der Waals surface area contributed by atoms with Gasteiger partial charge in [0.1, 0.15) is 11.8 Å². The van der Waals surface area contributed by atoms with Gasteiger partial charge in [0, 0.05) is 0 Å². The van der Waals surface area contributed by atoms with E-state index < -0.39 is 15.1 Å². The van der Waals surface area contributed by atoms with Crippen LogP contribution in [0.25, 0.3) is 11.2 Å². The predicted molar refractivity (Wildman–Crippen MR) is 41.5 cm³/mol. The van der Waals surface area contributed by atoms with Crippen LogP contribution in [0.5, 0.6) is 0 Å². The maximum absolute atomic E-state index is 10.8. The van der Waals surface area contributed by atoms with Crippen LogP contribution in [0.3, 0.4) is 0 Å². The number of hydrogen-bond acceptors (Lipinski definition) is 5. The van der Waals surface area contributed by atoms with E-state index in [-0.39, 0.29) is 62.5 Å². The van der Waals surface area contributed by atoms with Crippen LogP contribution in [-0.2, 0) is 10.1 Å². The van der Waals surface area contributed by atoms with Crippen molar-refractivity contribution in [1.82, 2.24) is 19.9 Å². The number of rotatable bonds is 1. The molecular weight excluding hydrogens is 235 g/mol. The van der Waals surface area contributed by atoms with E-state index in [1.165, 1.54) is 6.33 Å². The van der Waals surface area contributed by atoms with Gasteiger partial charge in [0.25, 0.3) is 0 Å². The molecule has 0 saturated heterocycles. The van der Waals surface area contributed by atoms with Gasteiger partial charge in [-0.3, -0.25) is 4.55 Å². The molecule has 0 fully saturated rings. The van der Waals surface area contributed by atoms with E-state index in [9.17, 15) is 8.42 Å². The second-order valence-corrected chi connectivity index (χ2v) is 3.59. The molecule has 2 heterocycles. The van der Waals surface area contributed by atoms with Crippen LogP contribution in [0, 0.1) is 0 Å². The predicted octanol–water partition coefficient (Wildman–Crippen LogP) is -3.40. The standard InChI is InChI=1S/C5H4N4O3S.K/c10-13(11,12)5-3-4(7-1-6-3)8-2-9-5;/h1-2H,(H,10,11,12)(H,6,7,8,9);/q;+1. The zero-order chi connectivity index (χ0) is 9.47. The summed E-state index contributed by atoms with van der Waals surface area (Å²) in [6, 6.07) is 0. The van der Waals surface area contributed by atoms with Gasteiger partial charge in [0.15, 0.2) is 5.65 Å². The maximum atomic E-state index is 10.8. The van der Waals surface area contributed by atoms with Gasteiger partial charge in [0.2, 0.25) is 5.03 Å². The Bertz CT molecular complexity index is 551. The largest absolute Gasteiger partial charge is 1.00 e. The molecule has 2 rings (SSSR count). The van der Waals surface area contributed by atoms with Gasteiger partial charge < -0.3 is 4.98 Å². The SMILES string of the molecule is O=S(=O)(O)c1ncnc2nc[nH]c12.[K+]. The van der Waals surface area contributed by atoms with E-state index in [2.05, 4.69) is 19.9 Å². The number of fused-ring (bicyclic) bond motifs is 1. The summed E-state index contributed by atoms with van der Waals surface area (Å²) in [7, 11) is -4.32. The third-order valence-corrected chi connectivity index (χ3v) is 2.23. The Balaban J connectivity index is 0.000000980. The minimum Gasteiger partial charge on any atom is -0.341 e. The second-order valence-electron chi connectivity index (χ2n) is 2.26. The first-order valence-electron chi connectivity index (χ1n) is 3.20. The Kier molecular flexibility index (Phi) is 3.74. The molecule has 9 heteroatoms. The van der Waals surface area contributed by atoms with Gasteiger partial charge in [-0.1, -0.05) is 0 Å². The molecule has 0 bridgehead atoms. The van der Waals surface area contributed by atoms with Crippen molar-refractivity contribution in [3.63, 3.8) is 0 Å². The molecule has 0 atom stereocenters. The van der Waals surface area contributed by atoms with E-state index in [0.29, 0.717) is 0 Å². The van der Waals surface area contributed by atoms with Gasteiger partial charge in [-0.15, -0.1) is 0 Å². The van der Waals surface area contributed by atoms with Crippen LogP contribution >= 0.6 is 0 Å². The van der Waals surface area contributed by atoms with Crippen LogP contribution in [-0.4, -0.2) is 32.9 Å². The third kappa shape index (κ3) is 2.19. The molecular formula is C5H4KN4O3S+. The molecule has 2 N–H and O–H groups in total. The number of nitrogens with one attached hydrogen (secondary N) is 1. The van der Waals surface area contributed by atoms with Crippen molar-refractivity contribution in [3.05, 3.63) is 12.7 Å². The van der Waals surface area contributed by atoms with Gasteiger partial charge in [0.05, 0.1) is 6.33 Å². The number of H-pyrrole nitrogens is 1. The van der Waals surface area contributed by atoms with Crippen molar-refractivity contribution in [2.45, 2.75) is 5.03 Å². The molecule has 0 unspecified atom stereocenters. The van der Waals surface area contributed by atoms with E-state index >= 15 is 0 Å². The molecule has 0 spiro atoms. The summed E-state index contributed by atoms with van der Waals surface area (Å²) in [5.41, 5.74) is 0.299. The van der Waals surface area contributed by atoms with Crippen molar-refractivity contribution in [2.75, 3.05) is 0 Å². The summed E-state index contributed by atoms with van der Waals surface area (Å²) in [6.45, 7) is 0. The Morgan fingerprint density at radius 3 is 2.64 bits per heavy atom. The van der Waals surface area contributed by atoms with Crippen molar-refractivity contribution < 1.29 is 64.4 Å². The summed E-state index contributed by atoms with van der Waals surface area (Å²) < 4.78 is 30.3. The first-order valence-corrected chi connectivity index (χ1v) is 4.64. The summed E-state index contributed by atoms with van der Waals surface area (Å²) >= 11 is 0. The van der Waals surface area contributed by atoms with E-state index in [4.69, 9.17) is 4.55 Å². The molecule has 0 amide bonds. The number of hydrogen-bond donors (Lipinski definition) is 2. The van der Waals surface area contributed by atoms with Crippen LogP contribution in [0.2, 0.25) is 0 Å². The topological polar surface area (TPSA) is 109 Å². The molecule has 7 nitrogen and oxygen atoms in total. The van der Waals surface area contributed by atoms with Crippen molar-refractivity contribution >= 4 is 21.3 Å². The fraction of sp³-hybridized carbons (Fsp3) is 0. The third-order valence-electron chi connectivity index (χ3n) is 1.43. The fourth-order valence-corrected chi connectivity index (χ4v) is 1.53. The number of aromatic amines is 1. The van der Waals surface area contributed by atoms with Crippen LogP contribution in [0.4, 0.5) is 0 Å². The Labute approximate surface area is 122 Å². The smallest absolute Gasteiger partial charge is 0.341 e. The first-order chi connectivity index (χ1) is 6.09. The van der Waals surface area contributed by atoms with E-state index in [1.54, 1.807) is 0 Å². The molecule has 0 aliphatic heterocycles. The maximum Gasteiger partial charge on any atom is 1.00 e. The molecule has 68 valence electrons. The number of imidazole rings is 1. The summed E-state index contributed by atoms with van der Waals surface area (Å²) in [6.07, 6.45) is 2.29. The quantitative estimate of drug-likeness (QED) is 0.305. The van der Waals surface area contributed by atoms with Crippen LogP contribution in [0.1, 0.15) is 0 Å². The average Bonchev–Trinajstić information content (AvgIpc) is 2.48.